The largest absolute Gasteiger partial charge is 0.345 e. The first-order valence-electron chi connectivity index (χ1n) is 7.75. The van der Waals surface area contributed by atoms with Crippen molar-refractivity contribution in [3.05, 3.63) is 78.2 Å². The average molecular weight is 507 g/mol. The zero-order valence-electron chi connectivity index (χ0n) is 13.5. The normalized spacial score (nSPS) is 10.9. The molecule has 0 bridgehead atoms. The molecule has 0 unspecified atom stereocenters. The second-order valence-corrected chi connectivity index (χ2v) is 7.82. The molecule has 0 atom stereocenters. The van der Waals surface area contributed by atoms with Crippen LogP contribution in [0.3, 0.4) is 0 Å². The summed E-state index contributed by atoms with van der Waals surface area (Å²) in [5, 5.41) is 14.8. The van der Waals surface area contributed by atoms with E-state index in [2.05, 4.69) is 38.7 Å². The van der Waals surface area contributed by atoms with Gasteiger partial charge in [-0.3, -0.25) is 4.79 Å². The quantitative estimate of drug-likeness (QED) is 0.382. The number of H-pyrrole nitrogens is 1. The highest BCUT2D eigenvalue weighted by Gasteiger charge is 2.20. The van der Waals surface area contributed by atoms with Crippen molar-refractivity contribution < 1.29 is 0 Å². The molecule has 1 N–H and O–H groups in total. The van der Waals surface area contributed by atoms with Crippen LogP contribution < -0.4 is 5.56 Å². The molecule has 2 aromatic heterocycles. The van der Waals surface area contributed by atoms with Crippen LogP contribution in [-0.4, -0.2) is 14.6 Å². The van der Waals surface area contributed by atoms with Gasteiger partial charge in [-0.2, -0.15) is 14.9 Å². The third-order valence-electron chi connectivity index (χ3n) is 4.11. The summed E-state index contributed by atoms with van der Waals surface area (Å²) in [5.74, 6) is 0. The van der Waals surface area contributed by atoms with Gasteiger partial charge in [-0.1, -0.05) is 35.3 Å². The molecule has 2 heterocycles. The van der Waals surface area contributed by atoms with Crippen LogP contribution in [0.5, 0.6) is 0 Å². The molecule has 132 valence electrons. The van der Waals surface area contributed by atoms with Crippen molar-refractivity contribution >= 4 is 51.4 Å². The van der Waals surface area contributed by atoms with Gasteiger partial charge >= 0.3 is 0 Å². The maximum Gasteiger partial charge on any atom is 0.282 e. The number of fused-ring (bicyclic) bond motifs is 1. The van der Waals surface area contributed by atoms with E-state index in [4.69, 9.17) is 23.2 Å². The Morgan fingerprint density at radius 3 is 2.52 bits per heavy atom. The predicted octanol–water partition coefficient (Wildman–Crippen LogP) is 5.14. The van der Waals surface area contributed by atoms with Crippen molar-refractivity contribution in [2.45, 2.75) is 0 Å². The summed E-state index contributed by atoms with van der Waals surface area (Å²) in [5.41, 5.74) is 2.32. The minimum Gasteiger partial charge on any atom is -0.345 e. The van der Waals surface area contributed by atoms with Crippen molar-refractivity contribution in [2.24, 2.45) is 0 Å². The number of nitrogens with one attached hydrogen (secondary N) is 1. The monoisotopic (exact) mass is 506 g/mol. The number of aromatic nitrogens is 3. The lowest BCUT2D eigenvalue weighted by molar-refractivity contribution is 0.905. The molecule has 0 saturated carbocycles. The zero-order valence-corrected chi connectivity index (χ0v) is 17.2. The lowest BCUT2D eigenvalue weighted by Crippen LogP contribution is -2.17. The zero-order chi connectivity index (χ0) is 19.1. The molecule has 0 fully saturated rings. The van der Waals surface area contributed by atoms with E-state index in [0.717, 1.165) is 9.13 Å². The molecule has 0 aliphatic carbocycles. The van der Waals surface area contributed by atoms with E-state index in [1.807, 2.05) is 24.3 Å². The summed E-state index contributed by atoms with van der Waals surface area (Å²) in [7, 11) is 0. The van der Waals surface area contributed by atoms with Crippen molar-refractivity contribution in [1.82, 2.24) is 14.6 Å². The first-order chi connectivity index (χ1) is 13.0. The SMILES string of the molecule is N#Cc1c(-c2ccc(Cl)cc2Cl)nn2c(=O)c(-c3ccc(I)cc3)c[nH]c12. The molecule has 0 saturated heterocycles. The van der Waals surface area contributed by atoms with Crippen LogP contribution in [0, 0.1) is 14.9 Å². The van der Waals surface area contributed by atoms with Gasteiger partial charge in [0.15, 0.2) is 5.65 Å². The van der Waals surface area contributed by atoms with E-state index >= 15 is 0 Å². The van der Waals surface area contributed by atoms with Crippen LogP contribution in [0.15, 0.2) is 53.5 Å². The van der Waals surface area contributed by atoms with Crippen LogP contribution in [-0.2, 0) is 0 Å². The molecule has 27 heavy (non-hydrogen) atoms. The molecule has 0 aliphatic heterocycles. The lowest BCUT2D eigenvalue weighted by Gasteiger charge is -2.02. The van der Waals surface area contributed by atoms with Gasteiger partial charge in [0.1, 0.15) is 17.3 Å². The predicted molar refractivity (Wildman–Crippen MR) is 114 cm³/mol. The molecular formula is C19H9Cl2IN4O. The first-order valence-corrected chi connectivity index (χ1v) is 9.59. The first kappa shape index (κ1) is 18.0. The van der Waals surface area contributed by atoms with Gasteiger partial charge in [-0.25, -0.2) is 0 Å². The Kier molecular flexibility index (Phi) is 4.68. The molecule has 5 nitrogen and oxygen atoms in total. The maximum atomic E-state index is 13.0. The summed E-state index contributed by atoms with van der Waals surface area (Å²) in [6, 6.07) is 14.6. The van der Waals surface area contributed by atoms with E-state index < -0.39 is 0 Å². The van der Waals surface area contributed by atoms with Gasteiger partial charge in [0.2, 0.25) is 0 Å². The van der Waals surface area contributed by atoms with Gasteiger partial charge in [0, 0.05) is 20.4 Å². The van der Waals surface area contributed by atoms with Gasteiger partial charge in [-0.15, -0.1) is 0 Å². The van der Waals surface area contributed by atoms with Crippen molar-refractivity contribution in [3.63, 3.8) is 0 Å². The third kappa shape index (κ3) is 3.12. The molecular weight excluding hydrogens is 498 g/mol. The second-order valence-electron chi connectivity index (χ2n) is 5.73. The molecule has 4 aromatic rings. The molecule has 0 aliphatic rings. The van der Waals surface area contributed by atoms with E-state index in [9.17, 15) is 10.1 Å². The fourth-order valence-electron chi connectivity index (χ4n) is 2.83. The Bertz CT molecular complexity index is 1290. The van der Waals surface area contributed by atoms with E-state index in [0.29, 0.717) is 32.5 Å². The fraction of sp³-hybridized carbons (Fsp3) is 0. The van der Waals surface area contributed by atoms with Crippen LogP contribution in [0.2, 0.25) is 10.0 Å². The van der Waals surface area contributed by atoms with E-state index in [1.54, 1.807) is 24.4 Å². The number of halogens is 3. The van der Waals surface area contributed by atoms with E-state index in [1.165, 1.54) is 4.52 Å². The highest BCUT2D eigenvalue weighted by atomic mass is 127. The standard InChI is InChI=1S/C19H9Cl2IN4O/c20-11-3-6-13(16(21)7-11)17-14(8-23)18-24-9-15(19(27)26(18)25-17)10-1-4-12(22)5-2-10/h1-7,9,24H. The number of aromatic amines is 1. The van der Waals surface area contributed by atoms with Crippen LogP contribution in [0.4, 0.5) is 0 Å². The molecule has 0 radical (unpaired) electrons. The Hall–Kier alpha value is -2.34. The number of nitriles is 1. The van der Waals surface area contributed by atoms with Crippen molar-refractivity contribution in [3.8, 4) is 28.5 Å². The van der Waals surface area contributed by atoms with Crippen molar-refractivity contribution in [2.75, 3.05) is 0 Å². The summed E-state index contributed by atoms with van der Waals surface area (Å²) >= 11 is 14.4. The minimum absolute atomic E-state index is 0.241. The Morgan fingerprint density at radius 1 is 1.11 bits per heavy atom. The Balaban J connectivity index is 1.98. The summed E-state index contributed by atoms with van der Waals surface area (Å²) in [6.45, 7) is 0. The van der Waals surface area contributed by atoms with Gasteiger partial charge in [-0.05, 0) is 58.5 Å². The molecule has 8 heteroatoms. The van der Waals surface area contributed by atoms with Gasteiger partial charge < -0.3 is 4.98 Å². The van der Waals surface area contributed by atoms with Crippen LogP contribution in [0.1, 0.15) is 5.56 Å². The third-order valence-corrected chi connectivity index (χ3v) is 5.38. The van der Waals surface area contributed by atoms with Crippen molar-refractivity contribution in [1.29, 1.82) is 5.26 Å². The molecule has 2 aromatic carbocycles. The number of benzene rings is 2. The van der Waals surface area contributed by atoms with E-state index in [-0.39, 0.29) is 11.1 Å². The molecule has 4 rings (SSSR count). The smallest absolute Gasteiger partial charge is 0.282 e. The van der Waals surface area contributed by atoms with Gasteiger partial charge in [0.05, 0.1) is 10.6 Å². The number of hydrogen-bond donors (Lipinski definition) is 1. The summed E-state index contributed by atoms with van der Waals surface area (Å²) in [6.07, 6.45) is 1.59. The second kappa shape index (κ2) is 7.00. The summed E-state index contributed by atoms with van der Waals surface area (Å²) < 4.78 is 2.27. The molecule has 0 amide bonds. The minimum atomic E-state index is -0.321. The fourth-order valence-corrected chi connectivity index (χ4v) is 3.68. The average Bonchev–Trinajstić information content (AvgIpc) is 3.02. The topological polar surface area (TPSA) is 74.0 Å². The number of hydrogen-bond acceptors (Lipinski definition) is 3. The van der Waals surface area contributed by atoms with Crippen LogP contribution >= 0.6 is 45.8 Å². The van der Waals surface area contributed by atoms with Gasteiger partial charge in [0.25, 0.3) is 5.56 Å². The number of nitrogens with zero attached hydrogens (tertiary/aromatic N) is 3. The Labute approximate surface area is 177 Å². The lowest BCUT2D eigenvalue weighted by atomic mass is 10.1. The maximum absolute atomic E-state index is 13.0. The molecule has 0 spiro atoms. The highest BCUT2D eigenvalue weighted by Crippen LogP contribution is 2.32. The van der Waals surface area contributed by atoms with Crippen LogP contribution in [0.25, 0.3) is 28.0 Å². The number of rotatable bonds is 2. The Morgan fingerprint density at radius 2 is 1.85 bits per heavy atom. The highest BCUT2D eigenvalue weighted by molar-refractivity contribution is 14.1. The summed E-state index contributed by atoms with van der Waals surface area (Å²) in [4.78, 5) is 16.0.